The van der Waals surface area contributed by atoms with E-state index in [0.29, 0.717) is 6.54 Å². The number of benzene rings is 1. The van der Waals surface area contributed by atoms with E-state index in [0.717, 1.165) is 12.1 Å². The van der Waals surface area contributed by atoms with Crippen LogP contribution in [-0.4, -0.2) is 18.6 Å². The summed E-state index contributed by atoms with van der Waals surface area (Å²) in [5.74, 6) is 0. The first-order chi connectivity index (χ1) is 7.24. The number of rotatable bonds is 1. The van der Waals surface area contributed by atoms with E-state index in [9.17, 15) is 4.79 Å². The van der Waals surface area contributed by atoms with Crippen molar-refractivity contribution in [3.8, 4) is 0 Å². The first-order valence-electron chi connectivity index (χ1n) is 5.39. The van der Waals surface area contributed by atoms with Crippen LogP contribution in [0, 0.1) is 0 Å². The number of fused-ring (bicyclic) bond motifs is 1. The summed E-state index contributed by atoms with van der Waals surface area (Å²) in [6.07, 6.45) is 0.952. The fourth-order valence-electron chi connectivity index (χ4n) is 2.11. The minimum absolute atomic E-state index is 0.00921. The van der Waals surface area contributed by atoms with Crippen molar-refractivity contribution < 1.29 is 4.79 Å². The van der Waals surface area contributed by atoms with Crippen LogP contribution in [0.15, 0.2) is 24.3 Å². The van der Waals surface area contributed by atoms with Crippen molar-refractivity contribution in [2.75, 3.05) is 11.4 Å². The minimum atomic E-state index is 0.00921. The lowest BCUT2D eigenvalue weighted by Crippen LogP contribution is -2.43. The quantitative estimate of drug-likeness (QED) is 0.747. The smallest absolute Gasteiger partial charge is 0.322 e. The van der Waals surface area contributed by atoms with E-state index in [4.69, 9.17) is 0 Å². The van der Waals surface area contributed by atoms with Crippen molar-refractivity contribution in [3.05, 3.63) is 29.8 Å². The Morgan fingerprint density at radius 3 is 3.00 bits per heavy atom. The van der Waals surface area contributed by atoms with Crippen molar-refractivity contribution >= 4 is 11.7 Å². The molecule has 0 aromatic heterocycles. The Bertz CT molecular complexity index is 376. The summed E-state index contributed by atoms with van der Waals surface area (Å²) < 4.78 is 0. The molecule has 2 amide bonds. The van der Waals surface area contributed by atoms with E-state index in [1.807, 2.05) is 30.0 Å². The summed E-state index contributed by atoms with van der Waals surface area (Å²) in [7, 11) is 0. The highest BCUT2D eigenvalue weighted by molar-refractivity contribution is 5.94. The van der Waals surface area contributed by atoms with Gasteiger partial charge < -0.3 is 5.32 Å². The van der Waals surface area contributed by atoms with Gasteiger partial charge in [-0.1, -0.05) is 18.2 Å². The molecule has 0 saturated carbocycles. The Balaban J connectivity index is 2.29. The molecule has 0 aliphatic carbocycles. The van der Waals surface area contributed by atoms with Gasteiger partial charge in [-0.25, -0.2) is 4.79 Å². The number of urea groups is 1. The summed E-state index contributed by atoms with van der Waals surface area (Å²) in [4.78, 5) is 13.7. The molecule has 1 aliphatic heterocycles. The van der Waals surface area contributed by atoms with Gasteiger partial charge in [0.25, 0.3) is 0 Å². The molecule has 0 spiro atoms. The standard InChI is InChI=1S/C12H16N2O/c1-3-13-12(15)14-9(2)8-10-6-4-5-7-11(10)14/h4-7,9H,3,8H2,1-2H3,(H,13,15). The lowest BCUT2D eigenvalue weighted by atomic mass is 10.1. The summed E-state index contributed by atoms with van der Waals surface area (Å²) in [6.45, 7) is 4.68. The van der Waals surface area contributed by atoms with Gasteiger partial charge in [0.05, 0.1) is 0 Å². The Morgan fingerprint density at radius 1 is 1.53 bits per heavy atom. The van der Waals surface area contributed by atoms with E-state index in [-0.39, 0.29) is 12.1 Å². The number of anilines is 1. The second-order valence-corrected chi connectivity index (χ2v) is 3.89. The molecule has 1 aromatic carbocycles. The fourth-order valence-corrected chi connectivity index (χ4v) is 2.11. The van der Waals surface area contributed by atoms with Crippen LogP contribution in [0.5, 0.6) is 0 Å². The predicted octanol–water partition coefficient (Wildman–Crippen LogP) is 2.17. The third-order valence-electron chi connectivity index (χ3n) is 2.75. The van der Waals surface area contributed by atoms with Gasteiger partial charge in [0.1, 0.15) is 0 Å². The molecule has 0 radical (unpaired) electrons. The molecule has 80 valence electrons. The lowest BCUT2D eigenvalue weighted by molar-refractivity contribution is 0.245. The van der Waals surface area contributed by atoms with Gasteiger partial charge in [0, 0.05) is 18.3 Å². The second kappa shape index (κ2) is 3.93. The molecule has 1 heterocycles. The summed E-state index contributed by atoms with van der Waals surface area (Å²) >= 11 is 0. The van der Waals surface area contributed by atoms with Crippen LogP contribution in [0.4, 0.5) is 10.5 Å². The molecule has 1 unspecified atom stereocenters. The lowest BCUT2D eigenvalue weighted by Gasteiger charge is -2.22. The molecule has 1 atom stereocenters. The van der Waals surface area contributed by atoms with E-state index in [2.05, 4.69) is 18.3 Å². The first-order valence-corrected chi connectivity index (χ1v) is 5.39. The Kier molecular flexibility index (Phi) is 2.62. The highest BCUT2D eigenvalue weighted by Crippen LogP contribution is 2.31. The zero-order chi connectivity index (χ0) is 10.8. The van der Waals surface area contributed by atoms with Crippen molar-refractivity contribution in [2.24, 2.45) is 0 Å². The highest BCUT2D eigenvalue weighted by atomic mass is 16.2. The molecule has 2 rings (SSSR count). The third-order valence-corrected chi connectivity index (χ3v) is 2.75. The maximum absolute atomic E-state index is 11.8. The molecule has 3 heteroatoms. The van der Waals surface area contributed by atoms with Gasteiger partial charge in [-0.2, -0.15) is 0 Å². The Morgan fingerprint density at radius 2 is 2.27 bits per heavy atom. The van der Waals surface area contributed by atoms with Crippen LogP contribution in [0.25, 0.3) is 0 Å². The number of carbonyl (C=O) groups is 1. The first kappa shape index (κ1) is 10.0. The predicted molar refractivity (Wildman–Crippen MR) is 61.2 cm³/mol. The SMILES string of the molecule is CCNC(=O)N1c2ccccc2CC1C. The number of carbonyl (C=O) groups excluding carboxylic acids is 1. The average molecular weight is 204 g/mol. The zero-order valence-electron chi connectivity index (χ0n) is 9.16. The maximum atomic E-state index is 11.8. The maximum Gasteiger partial charge on any atom is 0.322 e. The van der Waals surface area contributed by atoms with Gasteiger partial charge in [0.15, 0.2) is 0 Å². The molecular weight excluding hydrogens is 188 g/mol. The Hall–Kier alpha value is -1.51. The van der Waals surface area contributed by atoms with Crippen molar-refractivity contribution in [1.82, 2.24) is 5.32 Å². The molecule has 1 aromatic rings. The van der Waals surface area contributed by atoms with Crippen LogP contribution >= 0.6 is 0 Å². The number of para-hydroxylation sites is 1. The van der Waals surface area contributed by atoms with Gasteiger partial charge in [-0.15, -0.1) is 0 Å². The molecular formula is C12H16N2O. The summed E-state index contributed by atoms with van der Waals surface area (Å²) in [5.41, 5.74) is 2.31. The van der Waals surface area contributed by atoms with Gasteiger partial charge >= 0.3 is 6.03 Å². The van der Waals surface area contributed by atoms with E-state index in [1.165, 1.54) is 5.56 Å². The fraction of sp³-hybridized carbons (Fsp3) is 0.417. The second-order valence-electron chi connectivity index (χ2n) is 3.89. The molecule has 0 saturated heterocycles. The monoisotopic (exact) mass is 204 g/mol. The van der Waals surface area contributed by atoms with Crippen LogP contribution < -0.4 is 10.2 Å². The average Bonchev–Trinajstić information content (AvgIpc) is 2.54. The summed E-state index contributed by atoms with van der Waals surface area (Å²) in [6, 6.07) is 8.36. The van der Waals surface area contributed by atoms with E-state index >= 15 is 0 Å². The van der Waals surface area contributed by atoms with Crippen LogP contribution in [0.2, 0.25) is 0 Å². The van der Waals surface area contributed by atoms with Crippen molar-refractivity contribution in [1.29, 1.82) is 0 Å². The number of hydrogen-bond acceptors (Lipinski definition) is 1. The van der Waals surface area contributed by atoms with E-state index in [1.54, 1.807) is 0 Å². The van der Waals surface area contributed by atoms with Crippen molar-refractivity contribution in [3.63, 3.8) is 0 Å². The summed E-state index contributed by atoms with van der Waals surface area (Å²) in [5, 5.41) is 2.85. The minimum Gasteiger partial charge on any atom is -0.338 e. The molecule has 1 aliphatic rings. The molecule has 1 N–H and O–H groups in total. The molecule has 15 heavy (non-hydrogen) atoms. The number of nitrogens with one attached hydrogen (secondary N) is 1. The molecule has 0 bridgehead atoms. The molecule has 3 nitrogen and oxygen atoms in total. The number of amides is 2. The topological polar surface area (TPSA) is 32.3 Å². The van der Waals surface area contributed by atoms with Gasteiger partial charge in [-0.3, -0.25) is 4.90 Å². The van der Waals surface area contributed by atoms with Gasteiger partial charge in [0.2, 0.25) is 0 Å². The zero-order valence-corrected chi connectivity index (χ0v) is 9.16. The van der Waals surface area contributed by atoms with Gasteiger partial charge in [-0.05, 0) is 31.9 Å². The number of nitrogens with zero attached hydrogens (tertiary/aromatic N) is 1. The van der Waals surface area contributed by atoms with Crippen molar-refractivity contribution in [2.45, 2.75) is 26.3 Å². The third kappa shape index (κ3) is 1.69. The van der Waals surface area contributed by atoms with E-state index < -0.39 is 0 Å². The van der Waals surface area contributed by atoms with Crippen LogP contribution in [0.3, 0.4) is 0 Å². The normalized spacial score (nSPS) is 18.8. The van der Waals surface area contributed by atoms with Crippen LogP contribution in [0.1, 0.15) is 19.4 Å². The largest absolute Gasteiger partial charge is 0.338 e. The van der Waals surface area contributed by atoms with Crippen LogP contribution in [-0.2, 0) is 6.42 Å². The Labute approximate surface area is 90.1 Å². The number of hydrogen-bond donors (Lipinski definition) is 1. The highest BCUT2D eigenvalue weighted by Gasteiger charge is 2.29. The molecule has 0 fully saturated rings.